The minimum Gasteiger partial charge on any atom is -0.375 e. The number of piperidine rings is 1. The van der Waals surface area contributed by atoms with Crippen LogP contribution in [-0.2, 0) is 11.3 Å². The van der Waals surface area contributed by atoms with Crippen LogP contribution in [0.3, 0.4) is 0 Å². The minimum absolute atomic E-state index is 0.294. The quantitative estimate of drug-likeness (QED) is 0.694. The Labute approximate surface area is 164 Å². The Hall–Kier alpha value is -1.64. The first kappa shape index (κ1) is 18.7. The second kappa shape index (κ2) is 9.03. The van der Waals surface area contributed by atoms with Gasteiger partial charge in [-0.1, -0.05) is 66.7 Å². The Balaban J connectivity index is 0.000000257. The number of likely N-dealkylation sites (tertiary alicyclic amines) is 1. The van der Waals surface area contributed by atoms with Gasteiger partial charge in [-0.3, -0.25) is 4.90 Å². The van der Waals surface area contributed by atoms with E-state index in [0.29, 0.717) is 5.60 Å². The molecule has 0 amide bonds. The highest BCUT2D eigenvalue weighted by Crippen LogP contribution is 2.47. The average Bonchev–Trinajstić information content (AvgIpc) is 3.18. The molecule has 1 aliphatic carbocycles. The van der Waals surface area contributed by atoms with Crippen LogP contribution < -0.4 is 0 Å². The van der Waals surface area contributed by atoms with Crippen molar-refractivity contribution in [3.63, 3.8) is 0 Å². The number of fused-ring (bicyclic) bond motifs is 1. The molecule has 2 aromatic carbocycles. The van der Waals surface area contributed by atoms with Crippen molar-refractivity contribution in [3.8, 4) is 0 Å². The monoisotopic (exact) mass is 363 g/mol. The van der Waals surface area contributed by atoms with Crippen LogP contribution in [0.15, 0.2) is 66.7 Å². The first-order chi connectivity index (χ1) is 13.3. The van der Waals surface area contributed by atoms with E-state index in [2.05, 4.69) is 35.2 Å². The summed E-state index contributed by atoms with van der Waals surface area (Å²) in [7, 11) is 0. The molecule has 0 radical (unpaired) electrons. The zero-order chi connectivity index (χ0) is 18.4. The summed E-state index contributed by atoms with van der Waals surface area (Å²) in [4.78, 5) is 2.67. The summed E-state index contributed by atoms with van der Waals surface area (Å²) in [6, 6.07) is 22.9. The predicted octanol–water partition coefficient (Wildman–Crippen LogP) is 5.54. The van der Waals surface area contributed by atoms with E-state index in [1.807, 2.05) is 36.4 Å². The van der Waals surface area contributed by atoms with Gasteiger partial charge < -0.3 is 4.74 Å². The lowest BCUT2D eigenvalue weighted by Gasteiger charge is -2.47. The highest BCUT2D eigenvalue weighted by atomic mass is 16.5. The van der Waals surface area contributed by atoms with Crippen LogP contribution in [-0.4, -0.2) is 30.2 Å². The molecule has 5 rings (SSSR count). The first-order valence-electron chi connectivity index (χ1n) is 10.7. The highest BCUT2D eigenvalue weighted by Gasteiger charge is 2.44. The van der Waals surface area contributed by atoms with Crippen LogP contribution in [0.1, 0.15) is 44.1 Å². The lowest BCUT2D eigenvalue weighted by molar-refractivity contribution is -0.0722. The van der Waals surface area contributed by atoms with Crippen molar-refractivity contribution >= 4 is 0 Å². The average molecular weight is 364 g/mol. The first-order valence-corrected chi connectivity index (χ1v) is 10.7. The molecule has 2 heterocycles. The van der Waals surface area contributed by atoms with Crippen molar-refractivity contribution in [2.75, 3.05) is 19.7 Å². The Bertz CT molecular complexity index is 639. The maximum absolute atomic E-state index is 6.14. The van der Waals surface area contributed by atoms with Crippen molar-refractivity contribution < 1.29 is 4.74 Å². The van der Waals surface area contributed by atoms with E-state index in [0.717, 1.165) is 25.0 Å². The second-order valence-corrected chi connectivity index (χ2v) is 8.56. The molecule has 0 aromatic heterocycles. The normalized spacial score (nSPS) is 30.4. The van der Waals surface area contributed by atoms with Crippen molar-refractivity contribution in [3.05, 3.63) is 72.3 Å². The summed E-state index contributed by atoms with van der Waals surface area (Å²) in [6.45, 7) is 4.71. The summed E-state index contributed by atoms with van der Waals surface area (Å²) in [6.07, 6.45) is 8.03. The fourth-order valence-electron chi connectivity index (χ4n) is 5.26. The highest BCUT2D eigenvalue weighted by molar-refractivity contribution is 5.14. The molecule has 1 spiro atoms. The molecule has 2 nitrogen and oxygen atoms in total. The topological polar surface area (TPSA) is 12.5 Å². The summed E-state index contributed by atoms with van der Waals surface area (Å²) < 4.78 is 6.14. The zero-order valence-corrected chi connectivity index (χ0v) is 16.4. The van der Waals surface area contributed by atoms with Crippen LogP contribution >= 0.6 is 0 Å². The summed E-state index contributed by atoms with van der Waals surface area (Å²) in [5, 5.41) is 0. The van der Waals surface area contributed by atoms with E-state index in [-0.39, 0.29) is 0 Å². The molecule has 3 atom stereocenters. The van der Waals surface area contributed by atoms with E-state index >= 15 is 0 Å². The smallest absolute Gasteiger partial charge is 0.0686 e. The maximum atomic E-state index is 6.14. The Morgan fingerprint density at radius 1 is 0.852 bits per heavy atom. The second-order valence-electron chi connectivity index (χ2n) is 8.56. The van der Waals surface area contributed by atoms with Crippen LogP contribution in [0.2, 0.25) is 0 Å². The van der Waals surface area contributed by atoms with Gasteiger partial charge in [0, 0.05) is 19.7 Å². The number of hydrogen-bond donors (Lipinski definition) is 0. The molecule has 0 N–H and O–H groups in total. The number of nitrogens with zero attached hydrogens (tertiary/aromatic N) is 1. The van der Waals surface area contributed by atoms with Crippen molar-refractivity contribution in [2.24, 2.45) is 11.8 Å². The van der Waals surface area contributed by atoms with E-state index < -0.39 is 0 Å². The van der Waals surface area contributed by atoms with Crippen LogP contribution in [0, 0.1) is 11.8 Å². The van der Waals surface area contributed by atoms with Gasteiger partial charge in [-0.05, 0) is 62.5 Å². The summed E-state index contributed by atoms with van der Waals surface area (Å²) >= 11 is 0. The molecule has 27 heavy (non-hydrogen) atoms. The molecule has 2 aromatic rings. The van der Waals surface area contributed by atoms with Crippen LogP contribution in [0.5, 0.6) is 0 Å². The predicted molar refractivity (Wildman–Crippen MR) is 112 cm³/mol. The Kier molecular flexibility index (Phi) is 6.26. The molecular formula is C25H33NO. The molecule has 2 saturated heterocycles. The molecule has 3 unspecified atom stereocenters. The van der Waals surface area contributed by atoms with Crippen molar-refractivity contribution in [2.45, 2.75) is 50.7 Å². The van der Waals surface area contributed by atoms with Gasteiger partial charge in [0.2, 0.25) is 0 Å². The van der Waals surface area contributed by atoms with E-state index in [1.165, 1.54) is 57.2 Å². The molecule has 1 saturated carbocycles. The van der Waals surface area contributed by atoms with Gasteiger partial charge in [-0.25, -0.2) is 0 Å². The number of benzene rings is 2. The molecule has 2 heteroatoms. The molecule has 2 aliphatic heterocycles. The van der Waals surface area contributed by atoms with Gasteiger partial charge >= 0.3 is 0 Å². The molecular weight excluding hydrogens is 330 g/mol. The fraction of sp³-hybridized carbons (Fsp3) is 0.520. The standard InChI is InChI=1S/C19H27NO.C6H6/c1-2-5-16(6-3-1)14-20-11-8-17-13-19(9-4-12-21-19)10-7-18(17)15-20;1-2-4-6-5-3-1/h1-3,5-6,17-18H,4,7-15H2;1-6H. The van der Waals surface area contributed by atoms with Gasteiger partial charge in [0.05, 0.1) is 5.60 Å². The summed E-state index contributed by atoms with van der Waals surface area (Å²) in [5.41, 5.74) is 1.75. The van der Waals surface area contributed by atoms with Gasteiger partial charge in [-0.2, -0.15) is 0 Å². The largest absolute Gasteiger partial charge is 0.375 e. The van der Waals surface area contributed by atoms with Crippen LogP contribution in [0.25, 0.3) is 0 Å². The number of rotatable bonds is 2. The van der Waals surface area contributed by atoms with Gasteiger partial charge in [0.1, 0.15) is 0 Å². The van der Waals surface area contributed by atoms with E-state index in [9.17, 15) is 0 Å². The third-order valence-corrected chi connectivity index (χ3v) is 6.68. The van der Waals surface area contributed by atoms with Gasteiger partial charge in [-0.15, -0.1) is 0 Å². The maximum Gasteiger partial charge on any atom is 0.0686 e. The van der Waals surface area contributed by atoms with E-state index in [1.54, 1.807) is 0 Å². The van der Waals surface area contributed by atoms with Gasteiger partial charge in [0.25, 0.3) is 0 Å². The molecule has 144 valence electrons. The summed E-state index contributed by atoms with van der Waals surface area (Å²) in [5.74, 6) is 1.83. The lowest BCUT2D eigenvalue weighted by Crippen LogP contribution is -2.47. The lowest BCUT2D eigenvalue weighted by atomic mass is 9.68. The number of hydrogen-bond acceptors (Lipinski definition) is 2. The van der Waals surface area contributed by atoms with E-state index in [4.69, 9.17) is 4.74 Å². The minimum atomic E-state index is 0.294. The molecule has 3 fully saturated rings. The third-order valence-electron chi connectivity index (χ3n) is 6.68. The van der Waals surface area contributed by atoms with Crippen molar-refractivity contribution in [1.29, 1.82) is 0 Å². The Morgan fingerprint density at radius 2 is 1.56 bits per heavy atom. The SMILES string of the molecule is c1ccc(CN2CCC3CC4(CCCO4)CCC3C2)cc1.c1ccccc1. The van der Waals surface area contributed by atoms with Crippen LogP contribution in [0.4, 0.5) is 0 Å². The van der Waals surface area contributed by atoms with Gasteiger partial charge in [0.15, 0.2) is 0 Å². The molecule has 0 bridgehead atoms. The van der Waals surface area contributed by atoms with Crippen molar-refractivity contribution in [1.82, 2.24) is 4.90 Å². The fourth-order valence-corrected chi connectivity index (χ4v) is 5.26. The molecule has 3 aliphatic rings. The zero-order valence-electron chi connectivity index (χ0n) is 16.4. The Morgan fingerprint density at radius 3 is 2.22 bits per heavy atom. The third kappa shape index (κ3) is 5.00. The number of ether oxygens (including phenoxy) is 1.